The molecule has 0 amide bonds. The highest BCUT2D eigenvalue weighted by Gasteiger charge is 2.20. The quantitative estimate of drug-likeness (QED) is 0.849. The van der Waals surface area contributed by atoms with E-state index in [1.54, 1.807) is 0 Å². The summed E-state index contributed by atoms with van der Waals surface area (Å²) >= 11 is 0. The molecule has 4 nitrogen and oxygen atoms in total. The van der Waals surface area contributed by atoms with Gasteiger partial charge in [0.25, 0.3) is 0 Å². The van der Waals surface area contributed by atoms with Crippen molar-refractivity contribution in [3.05, 3.63) is 52.9 Å². The number of rotatable bonds is 7. The minimum Gasteiger partial charge on any atom is -0.360 e. The molecule has 0 radical (unpaired) electrons. The van der Waals surface area contributed by atoms with Crippen molar-refractivity contribution in [3.8, 4) is 0 Å². The molecular weight excluding hydrogens is 262 g/mol. The van der Waals surface area contributed by atoms with Gasteiger partial charge in [0.2, 0.25) is 0 Å². The van der Waals surface area contributed by atoms with Crippen LogP contribution in [0.1, 0.15) is 35.4 Å². The van der Waals surface area contributed by atoms with Crippen molar-refractivity contribution in [2.24, 2.45) is 0 Å². The predicted molar refractivity (Wildman–Crippen MR) is 82.7 cm³/mol. The summed E-state index contributed by atoms with van der Waals surface area (Å²) in [6, 6.07) is 11.4. The van der Waals surface area contributed by atoms with Crippen molar-refractivity contribution in [1.82, 2.24) is 15.4 Å². The molecule has 112 valence electrons. The third-order valence-corrected chi connectivity index (χ3v) is 3.76. The van der Waals surface area contributed by atoms with Gasteiger partial charge in [-0.1, -0.05) is 35.0 Å². The Morgan fingerprint density at radius 1 is 1.24 bits per heavy atom. The molecule has 1 N–H and O–H groups in total. The SMILES string of the molecule is Cc1ccc(CN(C)Cc2cc(CNC3CC3)no2)cc1. The molecule has 1 aromatic carbocycles. The van der Waals surface area contributed by atoms with Crippen LogP contribution in [0.3, 0.4) is 0 Å². The van der Waals surface area contributed by atoms with Gasteiger partial charge in [-0.3, -0.25) is 4.90 Å². The average molecular weight is 285 g/mol. The molecular formula is C17H23N3O. The molecule has 0 bridgehead atoms. The lowest BCUT2D eigenvalue weighted by Crippen LogP contribution is -2.17. The summed E-state index contributed by atoms with van der Waals surface area (Å²) < 4.78 is 5.41. The number of nitrogens with one attached hydrogen (secondary N) is 1. The van der Waals surface area contributed by atoms with Crippen LogP contribution in [0.2, 0.25) is 0 Å². The smallest absolute Gasteiger partial charge is 0.151 e. The van der Waals surface area contributed by atoms with Gasteiger partial charge in [-0.15, -0.1) is 0 Å². The Balaban J connectivity index is 1.49. The Labute approximate surface area is 126 Å². The number of aryl methyl sites for hydroxylation is 1. The van der Waals surface area contributed by atoms with E-state index in [9.17, 15) is 0 Å². The first-order valence-electron chi connectivity index (χ1n) is 7.61. The number of aromatic nitrogens is 1. The molecule has 21 heavy (non-hydrogen) atoms. The van der Waals surface area contributed by atoms with Crippen LogP contribution in [0.15, 0.2) is 34.9 Å². The number of hydrogen-bond acceptors (Lipinski definition) is 4. The molecule has 2 aromatic rings. The van der Waals surface area contributed by atoms with Crippen molar-refractivity contribution in [1.29, 1.82) is 0 Å². The molecule has 4 heteroatoms. The third-order valence-electron chi connectivity index (χ3n) is 3.76. The number of benzene rings is 1. The van der Waals surface area contributed by atoms with E-state index in [4.69, 9.17) is 4.52 Å². The fourth-order valence-electron chi connectivity index (χ4n) is 2.38. The Kier molecular flexibility index (Phi) is 4.36. The van der Waals surface area contributed by atoms with Crippen LogP contribution in [-0.2, 0) is 19.6 Å². The van der Waals surface area contributed by atoms with E-state index in [-0.39, 0.29) is 0 Å². The lowest BCUT2D eigenvalue weighted by Gasteiger charge is -2.14. The molecule has 1 aromatic heterocycles. The maximum atomic E-state index is 5.41. The van der Waals surface area contributed by atoms with Gasteiger partial charge in [-0.2, -0.15) is 0 Å². The largest absolute Gasteiger partial charge is 0.360 e. The van der Waals surface area contributed by atoms with Gasteiger partial charge >= 0.3 is 0 Å². The first-order valence-corrected chi connectivity index (χ1v) is 7.61. The van der Waals surface area contributed by atoms with E-state index < -0.39 is 0 Å². The maximum Gasteiger partial charge on any atom is 0.151 e. The molecule has 1 aliphatic carbocycles. The monoisotopic (exact) mass is 285 g/mol. The zero-order valence-corrected chi connectivity index (χ0v) is 12.8. The van der Waals surface area contributed by atoms with Crippen molar-refractivity contribution >= 4 is 0 Å². The summed E-state index contributed by atoms with van der Waals surface area (Å²) in [5, 5.41) is 7.57. The fraction of sp³-hybridized carbons (Fsp3) is 0.471. The maximum absolute atomic E-state index is 5.41. The number of hydrogen-bond donors (Lipinski definition) is 1. The zero-order chi connectivity index (χ0) is 14.7. The molecule has 1 fully saturated rings. The molecule has 1 saturated carbocycles. The van der Waals surface area contributed by atoms with Crippen LogP contribution < -0.4 is 5.32 Å². The Morgan fingerprint density at radius 2 is 2.00 bits per heavy atom. The summed E-state index contributed by atoms with van der Waals surface area (Å²) in [6.07, 6.45) is 2.59. The molecule has 0 unspecified atom stereocenters. The van der Waals surface area contributed by atoms with Crippen LogP contribution in [0.5, 0.6) is 0 Å². The van der Waals surface area contributed by atoms with Crippen LogP contribution in [-0.4, -0.2) is 23.1 Å². The first kappa shape index (κ1) is 14.3. The highest BCUT2D eigenvalue weighted by molar-refractivity contribution is 5.21. The second kappa shape index (κ2) is 6.41. The average Bonchev–Trinajstić information content (AvgIpc) is 3.19. The van der Waals surface area contributed by atoms with Gasteiger partial charge in [0, 0.05) is 25.2 Å². The van der Waals surface area contributed by atoms with Gasteiger partial charge in [-0.25, -0.2) is 0 Å². The van der Waals surface area contributed by atoms with Crippen LogP contribution >= 0.6 is 0 Å². The molecule has 3 rings (SSSR count). The highest BCUT2D eigenvalue weighted by Crippen LogP contribution is 2.19. The van der Waals surface area contributed by atoms with Gasteiger partial charge < -0.3 is 9.84 Å². The first-order chi connectivity index (χ1) is 10.2. The Hall–Kier alpha value is -1.65. The standard InChI is InChI=1S/C17H23N3O/c1-13-3-5-14(6-4-13)11-20(2)12-17-9-16(19-21-17)10-18-15-7-8-15/h3-6,9,15,18H,7-8,10-12H2,1-2H3. The molecule has 0 saturated heterocycles. The molecule has 0 spiro atoms. The Morgan fingerprint density at radius 3 is 2.71 bits per heavy atom. The van der Waals surface area contributed by atoms with E-state index in [0.29, 0.717) is 6.04 Å². The topological polar surface area (TPSA) is 41.3 Å². The van der Waals surface area contributed by atoms with Crippen molar-refractivity contribution in [3.63, 3.8) is 0 Å². The van der Waals surface area contributed by atoms with Crippen LogP contribution in [0.4, 0.5) is 0 Å². The van der Waals surface area contributed by atoms with Crippen molar-refractivity contribution in [2.75, 3.05) is 7.05 Å². The van der Waals surface area contributed by atoms with Gasteiger partial charge in [-0.05, 0) is 32.4 Å². The van der Waals surface area contributed by atoms with E-state index >= 15 is 0 Å². The second-order valence-corrected chi connectivity index (χ2v) is 6.10. The number of nitrogens with zero attached hydrogens (tertiary/aromatic N) is 2. The minimum atomic E-state index is 0.703. The van der Waals surface area contributed by atoms with Gasteiger partial charge in [0.15, 0.2) is 5.76 Å². The van der Waals surface area contributed by atoms with E-state index in [2.05, 4.69) is 59.7 Å². The zero-order valence-electron chi connectivity index (χ0n) is 12.8. The van der Waals surface area contributed by atoms with E-state index in [1.165, 1.54) is 24.0 Å². The van der Waals surface area contributed by atoms with Gasteiger partial charge in [0.05, 0.1) is 12.2 Å². The summed E-state index contributed by atoms with van der Waals surface area (Å²) in [6.45, 7) is 4.62. The summed E-state index contributed by atoms with van der Waals surface area (Å²) in [5.74, 6) is 0.928. The normalized spacial score (nSPS) is 14.8. The van der Waals surface area contributed by atoms with Crippen molar-refractivity contribution < 1.29 is 4.52 Å². The third kappa shape index (κ3) is 4.41. The van der Waals surface area contributed by atoms with Crippen LogP contribution in [0, 0.1) is 6.92 Å². The molecule has 0 aliphatic heterocycles. The molecule has 1 aliphatic rings. The summed E-state index contributed by atoms with van der Waals surface area (Å²) in [7, 11) is 2.10. The molecule has 0 atom stereocenters. The highest BCUT2D eigenvalue weighted by atomic mass is 16.5. The Bertz CT molecular complexity index is 572. The van der Waals surface area contributed by atoms with Crippen molar-refractivity contribution in [2.45, 2.75) is 45.4 Å². The fourth-order valence-corrected chi connectivity index (χ4v) is 2.38. The summed E-state index contributed by atoms with van der Waals surface area (Å²) in [4.78, 5) is 2.24. The minimum absolute atomic E-state index is 0.703. The second-order valence-electron chi connectivity index (χ2n) is 6.10. The predicted octanol–water partition coefficient (Wildman–Crippen LogP) is 2.87. The summed E-state index contributed by atoms with van der Waals surface area (Å²) in [5.41, 5.74) is 3.61. The van der Waals surface area contributed by atoms with E-state index in [1.807, 2.05) is 0 Å². The lowest BCUT2D eigenvalue weighted by atomic mass is 10.1. The molecule has 1 heterocycles. The van der Waals surface area contributed by atoms with E-state index in [0.717, 1.165) is 31.1 Å². The van der Waals surface area contributed by atoms with Gasteiger partial charge in [0.1, 0.15) is 0 Å². The lowest BCUT2D eigenvalue weighted by molar-refractivity contribution is 0.265. The van der Waals surface area contributed by atoms with Crippen LogP contribution in [0.25, 0.3) is 0 Å².